The zero-order valence-corrected chi connectivity index (χ0v) is 9.27. The molecule has 0 aliphatic rings. The van der Waals surface area contributed by atoms with Gasteiger partial charge in [-0.25, -0.2) is 0 Å². The van der Waals surface area contributed by atoms with E-state index in [1.54, 1.807) is 11.7 Å². The fourth-order valence-electron chi connectivity index (χ4n) is 1.16. The van der Waals surface area contributed by atoms with Gasteiger partial charge in [-0.2, -0.15) is 4.98 Å². The zero-order chi connectivity index (χ0) is 10.8. The Morgan fingerprint density at radius 3 is 2.93 bits per heavy atom. The first-order valence-corrected chi connectivity index (χ1v) is 5.23. The molecule has 2 aromatic heterocycles. The molecule has 1 N–H and O–H groups in total. The highest BCUT2D eigenvalue weighted by Crippen LogP contribution is 2.23. The molecule has 0 saturated heterocycles. The van der Waals surface area contributed by atoms with E-state index in [0.717, 1.165) is 11.0 Å². The Morgan fingerprint density at radius 2 is 2.40 bits per heavy atom. The number of hydrogen-bond donors (Lipinski definition) is 1. The topological polar surface area (TPSA) is 67.1 Å². The fourth-order valence-corrected chi connectivity index (χ4v) is 1.82. The van der Waals surface area contributed by atoms with Crippen LogP contribution in [0.5, 0.6) is 5.88 Å². The van der Waals surface area contributed by atoms with Gasteiger partial charge >= 0.3 is 0 Å². The summed E-state index contributed by atoms with van der Waals surface area (Å²) in [4.78, 5) is 5.87. The summed E-state index contributed by atoms with van der Waals surface area (Å²) < 4.78 is 1.85. The third-order valence-electron chi connectivity index (χ3n) is 1.99. The molecule has 6 nitrogen and oxygen atoms in total. The van der Waals surface area contributed by atoms with Crippen molar-refractivity contribution in [3.8, 4) is 5.88 Å². The summed E-state index contributed by atoms with van der Waals surface area (Å²) in [7, 11) is 3.79. The lowest BCUT2D eigenvalue weighted by atomic mass is 10.5. The molecule has 0 aliphatic carbocycles. The van der Waals surface area contributed by atoms with Crippen LogP contribution in [0.3, 0.4) is 0 Å². The number of aromatic nitrogens is 4. The Kier molecular flexibility index (Phi) is 2.55. The Hall–Kier alpha value is -1.63. The van der Waals surface area contributed by atoms with Gasteiger partial charge in [-0.1, -0.05) is 0 Å². The smallest absolute Gasteiger partial charge is 0.223 e. The molecule has 2 heterocycles. The first-order chi connectivity index (χ1) is 7.16. The van der Waals surface area contributed by atoms with E-state index in [1.807, 2.05) is 23.6 Å². The molecule has 15 heavy (non-hydrogen) atoms. The number of aryl methyl sites for hydroxylation is 1. The lowest BCUT2D eigenvalue weighted by molar-refractivity contribution is 0.457. The summed E-state index contributed by atoms with van der Waals surface area (Å²) in [6, 6.07) is 0. The minimum atomic E-state index is 0.0554. The summed E-state index contributed by atoms with van der Waals surface area (Å²) in [5, 5.41) is 19.2. The second kappa shape index (κ2) is 3.85. The van der Waals surface area contributed by atoms with Crippen molar-refractivity contribution in [2.75, 3.05) is 11.9 Å². The first-order valence-electron chi connectivity index (χ1n) is 4.35. The molecule has 0 amide bonds. The Bertz CT molecular complexity index is 451. The number of aromatic hydroxyl groups is 1. The Labute approximate surface area is 90.8 Å². The minimum absolute atomic E-state index is 0.0554. The highest BCUT2D eigenvalue weighted by atomic mass is 32.1. The number of nitrogens with zero attached hydrogens (tertiary/aromatic N) is 5. The van der Waals surface area contributed by atoms with Gasteiger partial charge < -0.3 is 14.6 Å². The lowest BCUT2D eigenvalue weighted by Gasteiger charge is -2.14. The second-order valence-electron chi connectivity index (χ2n) is 3.20. The molecular weight excluding hydrogens is 214 g/mol. The quantitative estimate of drug-likeness (QED) is 0.829. The van der Waals surface area contributed by atoms with E-state index in [-0.39, 0.29) is 5.88 Å². The molecule has 0 spiro atoms. The number of rotatable bonds is 3. The average Bonchev–Trinajstić information content (AvgIpc) is 2.77. The van der Waals surface area contributed by atoms with Crippen LogP contribution >= 0.6 is 11.3 Å². The van der Waals surface area contributed by atoms with Gasteiger partial charge in [0.2, 0.25) is 5.88 Å². The van der Waals surface area contributed by atoms with Crippen LogP contribution in [-0.4, -0.2) is 31.9 Å². The monoisotopic (exact) mass is 225 g/mol. The number of hydrogen-bond acceptors (Lipinski definition) is 6. The molecule has 2 rings (SSSR count). The van der Waals surface area contributed by atoms with Gasteiger partial charge in [0.15, 0.2) is 11.0 Å². The van der Waals surface area contributed by atoms with Crippen molar-refractivity contribution in [1.82, 2.24) is 19.7 Å². The van der Waals surface area contributed by atoms with E-state index in [9.17, 15) is 0 Å². The van der Waals surface area contributed by atoms with Crippen LogP contribution < -0.4 is 4.90 Å². The van der Waals surface area contributed by atoms with Crippen molar-refractivity contribution >= 4 is 16.5 Å². The van der Waals surface area contributed by atoms with Crippen LogP contribution in [0.2, 0.25) is 0 Å². The van der Waals surface area contributed by atoms with Gasteiger partial charge in [0, 0.05) is 14.1 Å². The van der Waals surface area contributed by atoms with Gasteiger partial charge in [-0.05, 0) is 0 Å². The molecule has 0 atom stereocenters. The summed E-state index contributed by atoms with van der Waals surface area (Å²) in [5.74, 6) is 0.909. The van der Waals surface area contributed by atoms with Gasteiger partial charge in [0.1, 0.15) is 6.33 Å². The highest BCUT2D eigenvalue weighted by Gasteiger charge is 2.09. The third-order valence-corrected chi connectivity index (χ3v) is 2.93. The number of thiazole rings is 1. The van der Waals surface area contributed by atoms with E-state index in [0.29, 0.717) is 6.54 Å². The van der Waals surface area contributed by atoms with E-state index < -0.39 is 0 Å². The summed E-state index contributed by atoms with van der Waals surface area (Å²) in [6.45, 7) is 0.615. The van der Waals surface area contributed by atoms with E-state index in [2.05, 4.69) is 15.2 Å². The Balaban J connectivity index is 2.10. The molecule has 7 heteroatoms. The highest BCUT2D eigenvalue weighted by molar-refractivity contribution is 7.13. The van der Waals surface area contributed by atoms with Crippen molar-refractivity contribution in [3.63, 3.8) is 0 Å². The van der Waals surface area contributed by atoms with Crippen molar-refractivity contribution in [2.45, 2.75) is 6.54 Å². The summed E-state index contributed by atoms with van der Waals surface area (Å²) in [6.07, 6.45) is 1.66. The molecule has 0 saturated carbocycles. The van der Waals surface area contributed by atoms with Crippen LogP contribution in [0.1, 0.15) is 5.82 Å². The van der Waals surface area contributed by atoms with E-state index >= 15 is 0 Å². The molecule has 2 aromatic rings. The standard InChI is InChI=1S/C8H11N5OS/c1-12(8-10-7(14)4-15-8)3-6-11-9-5-13(6)2/h4-5,14H,3H2,1-2H3. The van der Waals surface area contributed by atoms with Gasteiger partial charge in [-0.3, -0.25) is 0 Å². The van der Waals surface area contributed by atoms with Crippen molar-refractivity contribution in [3.05, 3.63) is 17.5 Å². The maximum atomic E-state index is 9.12. The first kappa shape index (κ1) is 9.91. The minimum Gasteiger partial charge on any atom is -0.493 e. The van der Waals surface area contributed by atoms with Crippen LogP contribution in [0.15, 0.2) is 11.7 Å². The normalized spacial score (nSPS) is 10.5. The van der Waals surface area contributed by atoms with E-state index in [4.69, 9.17) is 5.11 Å². The SMILES string of the molecule is CN(Cc1nncn1C)c1nc(O)cs1. The molecule has 80 valence electrons. The van der Waals surface area contributed by atoms with Crippen molar-refractivity contribution < 1.29 is 5.11 Å². The lowest BCUT2D eigenvalue weighted by Crippen LogP contribution is -2.18. The van der Waals surface area contributed by atoms with Crippen molar-refractivity contribution in [1.29, 1.82) is 0 Å². The maximum Gasteiger partial charge on any atom is 0.223 e. The predicted octanol–water partition coefficient (Wildman–Crippen LogP) is 0.614. The molecule has 0 aromatic carbocycles. The maximum absolute atomic E-state index is 9.12. The van der Waals surface area contributed by atoms with Gasteiger partial charge in [-0.15, -0.1) is 21.5 Å². The third kappa shape index (κ3) is 2.07. The molecule has 0 fully saturated rings. The van der Waals surface area contributed by atoms with Crippen LogP contribution in [0, 0.1) is 0 Å². The molecular formula is C8H11N5OS. The van der Waals surface area contributed by atoms with Crippen LogP contribution in [0.25, 0.3) is 0 Å². The second-order valence-corrected chi connectivity index (χ2v) is 4.04. The van der Waals surface area contributed by atoms with Gasteiger partial charge in [0.25, 0.3) is 0 Å². The Morgan fingerprint density at radius 1 is 1.60 bits per heavy atom. The summed E-state index contributed by atoms with van der Waals surface area (Å²) >= 11 is 1.39. The van der Waals surface area contributed by atoms with Crippen molar-refractivity contribution in [2.24, 2.45) is 7.05 Å². The zero-order valence-electron chi connectivity index (χ0n) is 8.45. The summed E-state index contributed by atoms with van der Waals surface area (Å²) in [5.41, 5.74) is 0. The molecule has 0 bridgehead atoms. The molecule has 0 aliphatic heterocycles. The molecule has 0 radical (unpaired) electrons. The van der Waals surface area contributed by atoms with Crippen LogP contribution in [-0.2, 0) is 13.6 Å². The van der Waals surface area contributed by atoms with Gasteiger partial charge in [0.05, 0.1) is 11.9 Å². The van der Waals surface area contributed by atoms with E-state index in [1.165, 1.54) is 11.3 Å². The average molecular weight is 225 g/mol. The largest absolute Gasteiger partial charge is 0.493 e. The van der Waals surface area contributed by atoms with Crippen LogP contribution in [0.4, 0.5) is 5.13 Å². The predicted molar refractivity (Wildman–Crippen MR) is 56.9 cm³/mol. The fraction of sp³-hybridized carbons (Fsp3) is 0.375. The number of anilines is 1. The molecule has 0 unspecified atom stereocenters.